The van der Waals surface area contributed by atoms with Crippen LogP contribution in [0, 0.1) is 33.8 Å². The van der Waals surface area contributed by atoms with Gasteiger partial charge in [-0.15, -0.1) is 6.58 Å². The van der Waals surface area contributed by atoms with Crippen molar-refractivity contribution in [3.8, 4) is 17.2 Å². The lowest BCUT2D eigenvalue weighted by atomic mass is 9.55. The Hall–Kier alpha value is -4.26. The van der Waals surface area contributed by atoms with Gasteiger partial charge in [0.15, 0.2) is 0 Å². The van der Waals surface area contributed by atoms with Gasteiger partial charge in [0.25, 0.3) is 5.69 Å². The lowest BCUT2D eigenvalue weighted by molar-refractivity contribution is -0.384. The molecule has 0 saturated heterocycles. The Morgan fingerprint density at radius 1 is 1.12 bits per heavy atom. The van der Waals surface area contributed by atoms with E-state index in [1.165, 1.54) is 19.2 Å². The molecule has 4 aliphatic rings. The zero-order valence-corrected chi connectivity index (χ0v) is 29.4. The zero-order valence-electron chi connectivity index (χ0n) is 29.4. The fourth-order valence-corrected chi connectivity index (χ4v) is 8.47. The first-order valence-corrected chi connectivity index (χ1v) is 18.1. The van der Waals surface area contributed by atoms with Gasteiger partial charge in [0.2, 0.25) is 11.7 Å². The highest BCUT2D eigenvalue weighted by Crippen LogP contribution is 2.62. The molecule has 51 heavy (non-hydrogen) atoms. The van der Waals surface area contributed by atoms with Crippen LogP contribution in [0.3, 0.4) is 0 Å². The number of hydrogen-bond acceptors (Lipinski definition) is 10. The van der Waals surface area contributed by atoms with Crippen molar-refractivity contribution in [2.75, 3.05) is 34.0 Å². The average molecular weight is 704 g/mol. The molecule has 0 unspecified atom stereocenters. The Morgan fingerprint density at radius 2 is 1.86 bits per heavy atom. The number of nitro benzene ring substituents is 1. The Balaban J connectivity index is 1.54. The van der Waals surface area contributed by atoms with Crippen molar-refractivity contribution >= 4 is 17.3 Å². The summed E-state index contributed by atoms with van der Waals surface area (Å²) in [6, 6.07) is 11.1. The lowest BCUT2D eigenvalue weighted by Gasteiger charge is -2.59. The van der Waals surface area contributed by atoms with E-state index < -0.39 is 22.7 Å². The molecule has 3 aliphatic carbocycles. The smallest absolute Gasteiger partial charge is 0.273 e. The molecule has 2 saturated carbocycles. The molecule has 2 fully saturated rings. The van der Waals surface area contributed by atoms with Gasteiger partial charge >= 0.3 is 0 Å². The number of hydrogen-bond donors (Lipinski definition) is 2. The van der Waals surface area contributed by atoms with Crippen LogP contribution in [-0.2, 0) is 14.4 Å². The molecule has 2 aromatic rings. The van der Waals surface area contributed by atoms with Gasteiger partial charge in [-0.2, -0.15) is 0 Å². The van der Waals surface area contributed by atoms with Crippen molar-refractivity contribution in [3.63, 3.8) is 0 Å². The Bertz CT molecular complexity index is 1660. The first kappa shape index (κ1) is 36.5. The molecule has 1 amide bonds. The summed E-state index contributed by atoms with van der Waals surface area (Å²) < 4.78 is 20.2. The van der Waals surface area contributed by atoms with Crippen molar-refractivity contribution in [2.45, 2.75) is 75.5 Å². The van der Waals surface area contributed by atoms with Crippen LogP contribution in [0.1, 0.15) is 69.3 Å². The summed E-state index contributed by atoms with van der Waals surface area (Å²) in [5.41, 5.74) is 2.53. The number of amides is 1. The van der Waals surface area contributed by atoms with Crippen molar-refractivity contribution in [3.05, 3.63) is 82.4 Å². The van der Waals surface area contributed by atoms with Crippen LogP contribution in [0.25, 0.3) is 0 Å². The van der Waals surface area contributed by atoms with E-state index in [-0.39, 0.29) is 55.1 Å². The van der Waals surface area contributed by atoms with Crippen LogP contribution in [0.2, 0.25) is 0 Å². The molecule has 6 rings (SSSR count). The number of nitrogens with zero attached hydrogens (tertiary/aromatic N) is 3. The summed E-state index contributed by atoms with van der Waals surface area (Å²) in [4.78, 5) is 32.1. The van der Waals surface area contributed by atoms with Crippen LogP contribution in [0.15, 0.2) is 71.9 Å². The number of benzene rings is 2. The molecule has 2 N–H and O–H groups in total. The molecule has 274 valence electrons. The van der Waals surface area contributed by atoms with E-state index in [1.807, 2.05) is 19.2 Å². The second-order valence-electron chi connectivity index (χ2n) is 14.0. The highest BCUT2D eigenvalue weighted by molar-refractivity contribution is 6.03. The number of nitro groups is 1. The van der Waals surface area contributed by atoms with Gasteiger partial charge in [-0.05, 0) is 80.2 Å². The SMILES string of the molecule is C=CCO[C@@]12Oc3ccc(Oc4cccc([N+](=O)[O-])c4)cc3[C@H]3[C@H](CCCCO)[C@@H](CCCCO)C=C(C(=NOC)C[C@@H]1N(C)C(=O)C1CC1)[C@H]32. The molecule has 12 heteroatoms. The Labute approximate surface area is 298 Å². The van der Waals surface area contributed by atoms with E-state index in [9.17, 15) is 25.1 Å². The van der Waals surface area contributed by atoms with Gasteiger partial charge in [-0.25, -0.2) is 0 Å². The van der Waals surface area contributed by atoms with Crippen LogP contribution >= 0.6 is 0 Å². The minimum Gasteiger partial charge on any atom is -0.459 e. The summed E-state index contributed by atoms with van der Waals surface area (Å²) in [5.74, 6) is -0.266. The number of non-ortho nitro benzene ring substituents is 1. The maximum absolute atomic E-state index is 13.8. The fraction of sp³-hybridized carbons (Fsp3) is 0.538. The van der Waals surface area contributed by atoms with Gasteiger partial charge in [-0.1, -0.05) is 36.2 Å². The second kappa shape index (κ2) is 16.0. The fourth-order valence-electron chi connectivity index (χ4n) is 8.47. The number of likely N-dealkylation sites (N-methyl/N-ethyl adjacent to an activating group) is 1. The molecular weight excluding hydrogens is 654 g/mol. The van der Waals surface area contributed by atoms with E-state index in [2.05, 4.69) is 17.8 Å². The summed E-state index contributed by atoms with van der Waals surface area (Å²) in [6.45, 7) is 4.33. The zero-order chi connectivity index (χ0) is 36.1. The second-order valence-corrected chi connectivity index (χ2v) is 14.0. The summed E-state index contributed by atoms with van der Waals surface area (Å²) in [5, 5.41) is 35.6. The van der Waals surface area contributed by atoms with Crippen LogP contribution in [-0.4, -0.2) is 77.5 Å². The van der Waals surface area contributed by atoms with Gasteiger partial charge in [0.05, 0.1) is 29.2 Å². The molecule has 1 heterocycles. The maximum Gasteiger partial charge on any atom is 0.273 e. The van der Waals surface area contributed by atoms with E-state index in [0.717, 1.165) is 55.4 Å². The van der Waals surface area contributed by atoms with Crippen LogP contribution in [0.5, 0.6) is 17.2 Å². The van der Waals surface area contributed by atoms with Gasteiger partial charge in [-0.3, -0.25) is 14.9 Å². The number of carbonyl (C=O) groups excluding carboxylic acids is 1. The van der Waals surface area contributed by atoms with Crippen LogP contribution < -0.4 is 9.47 Å². The third-order valence-electron chi connectivity index (χ3n) is 10.9. The number of allylic oxidation sites excluding steroid dienone is 1. The number of fused-ring (bicyclic) bond motifs is 2. The van der Waals surface area contributed by atoms with Gasteiger partial charge in [0.1, 0.15) is 30.4 Å². The third-order valence-corrected chi connectivity index (χ3v) is 10.9. The number of aliphatic hydroxyl groups is 2. The Kier molecular flexibility index (Phi) is 11.4. The molecule has 0 radical (unpaired) electrons. The predicted molar refractivity (Wildman–Crippen MR) is 191 cm³/mol. The number of rotatable bonds is 17. The topological polar surface area (TPSA) is 153 Å². The number of unbranched alkanes of at least 4 members (excludes halogenated alkanes) is 2. The summed E-state index contributed by atoms with van der Waals surface area (Å²) in [7, 11) is 3.35. The lowest BCUT2D eigenvalue weighted by Crippen LogP contribution is -2.69. The molecule has 0 spiro atoms. The number of aliphatic hydroxyl groups excluding tert-OH is 2. The number of carbonyl (C=O) groups is 1. The largest absolute Gasteiger partial charge is 0.459 e. The molecule has 0 bridgehead atoms. The molecule has 0 aromatic heterocycles. The highest BCUT2D eigenvalue weighted by atomic mass is 16.7. The minimum absolute atomic E-state index is 0.0279. The van der Waals surface area contributed by atoms with Crippen molar-refractivity contribution in [1.29, 1.82) is 0 Å². The maximum atomic E-state index is 13.8. The summed E-state index contributed by atoms with van der Waals surface area (Å²) >= 11 is 0. The third kappa shape index (κ3) is 7.40. The molecule has 1 aliphatic heterocycles. The van der Waals surface area contributed by atoms with E-state index in [1.54, 1.807) is 29.2 Å². The van der Waals surface area contributed by atoms with E-state index in [4.69, 9.17) is 19.0 Å². The minimum atomic E-state index is -1.29. The first-order valence-electron chi connectivity index (χ1n) is 18.1. The molecular formula is C39H49N3O9. The first-order chi connectivity index (χ1) is 24.8. The van der Waals surface area contributed by atoms with Crippen molar-refractivity contribution < 1.29 is 39.0 Å². The monoisotopic (exact) mass is 703 g/mol. The number of oxime groups is 1. The van der Waals surface area contributed by atoms with Crippen LogP contribution in [0.4, 0.5) is 5.69 Å². The molecule has 2 aromatic carbocycles. The van der Waals surface area contributed by atoms with Crippen molar-refractivity contribution in [1.82, 2.24) is 4.90 Å². The normalized spacial score (nSPS) is 27.0. The van der Waals surface area contributed by atoms with Gasteiger partial charge < -0.3 is 34.2 Å². The summed E-state index contributed by atoms with van der Waals surface area (Å²) in [6.07, 6.45) is 10.7. The predicted octanol–water partition coefficient (Wildman–Crippen LogP) is 6.52. The molecule has 12 nitrogen and oxygen atoms in total. The van der Waals surface area contributed by atoms with E-state index >= 15 is 0 Å². The number of ether oxygens (including phenoxy) is 3. The Morgan fingerprint density at radius 3 is 2.55 bits per heavy atom. The quantitative estimate of drug-likeness (QED) is 0.0812. The highest BCUT2D eigenvalue weighted by Gasteiger charge is 2.65. The average Bonchev–Trinajstić information content (AvgIpc) is 3.98. The van der Waals surface area contributed by atoms with Crippen molar-refractivity contribution in [2.24, 2.45) is 28.8 Å². The van der Waals surface area contributed by atoms with E-state index in [0.29, 0.717) is 36.5 Å². The standard InChI is InChI=1S/C39H49N3O9/c1-4-20-49-39-35(41(2)38(45)25-14-15-25)24-33(40-48-3)31-21-26(10-5-7-18-43)30(13-6-8-19-44)36(37(31)39)32-23-29(16-17-34(32)51-39)50-28-12-9-11-27(22-28)42(46)47/h4,9,11-12,16-17,21-23,25-26,30,35-37,43-44H,1,5-8,10,13-15,18-20,24H2,2-3H3/t26-,30+,35-,36+,37+,39+/m0/s1. The molecule has 6 atom stereocenters. The van der Waals surface area contributed by atoms with Gasteiger partial charge in [0, 0.05) is 50.1 Å².